The highest BCUT2D eigenvalue weighted by atomic mass is 16.8. The predicted octanol–water partition coefficient (Wildman–Crippen LogP) is 0.910. The van der Waals surface area contributed by atoms with Crippen molar-refractivity contribution < 1.29 is 9.47 Å². The first-order chi connectivity index (χ1) is 3.73. The van der Waals surface area contributed by atoms with Gasteiger partial charge in [-0.1, -0.05) is 0 Å². The van der Waals surface area contributed by atoms with Crippen LogP contribution in [0.2, 0.25) is 0 Å². The number of hydrogen-bond acceptors (Lipinski definition) is 2. The third-order valence-corrected chi connectivity index (χ3v) is 1.91. The van der Waals surface area contributed by atoms with Gasteiger partial charge in [-0.15, -0.1) is 0 Å². The van der Waals surface area contributed by atoms with E-state index in [-0.39, 0.29) is 5.79 Å². The molecule has 0 aliphatic carbocycles. The van der Waals surface area contributed by atoms with Crippen molar-refractivity contribution in [2.75, 3.05) is 0 Å². The van der Waals surface area contributed by atoms with E-state index in [9.17, 15) is 0 Å². The van der Waals surface area contributed by atoms with E-state index in [1.807, 2.05) is 6.92 Å². The molecule has 2 nitrogen and oxygen atoms in total. The average molecular weight is 114 g/mol. The molecule has 3 unspecified atom stereocenters. The summed E-state index contributed by atoms with van der Waals surface area (Å²) in [4.78, 5) is 0. The van der Waals surface area contributed by atoms with Crippen LogP contribution in [0.15, 0.2) is 0 Å². The summed E-state index contributed by atoms with van der Waals surface area (Å²) in [5.41, 5.74) is 0. The van der Waals surface area contributed by atoms with Gasteiger partial charge >= 0.3 is 0 Å². The minimum absolute atomic E-state index is 0.0978. The highest BCUT2D eigenvalue weighted by Gasteiger charge is 2.62. The van der Waals surface area contributed by atoms with Crippen LogP contribution in [-0.2, 0) is 9.47 Å². The molecule has 0 amide bonds. The lowest BCUT2D eigenvalue weighted by Gasteiger charge is -2.30. The van der Waals surface area contributed by atoms with Crippen molar-refractivity contribution in [3.05, 3.63) is 0 Å². The largest absolute Gasteiger partial charge is 0.344 e. The zero-order valence-electron chi connectivity index (χ0n) is 5.18. The molecule has 2 heteroatoms. The van der Waals surface area contributed by atoms with Gasteiger partial charge in [0.2, 0.25) is 0 Å². The lowest BCUT2D eigenvalue weighted by Crippen LogP contribution is -2.39. The molecular formula is C6H10O2. The molecule has 0 aromatic rings. The SMILES string of the molecule is CC1CC2(O1)OC2C. The molecule has 2 aliphatic heterocycles. The Balaban J connectivity index is 1.96. The third kappa shape index (κ3) is 0.400. The Hall–Kier alpha value is -0.0800. The maximum Gasteiger partial charge on any atom is 0.197 e. The van der Waals surface area contributed by atoms with E-state index in [0.717, 1.165) is 6.42 Å². The van der Waals surface area contributed by atoms with Gasteiger partial charge in [0.25, 0.3) is 0 Å². The first kappa shape index (κ1) is 4.77. The molecule has 0 radical (unpaired) electrons. The smallest absolute Gasteiger partial charge is 0.197 e. The normalized spacial score (nSPS) is 60.8. The van der Waals surface area contributed by atoms with Crippen molar-refractivity contribution in [2.24, 2.45) is 0 Å². The minimum Gasteiger partial charge on any atom is -0.344 e. The lowest BCUT2D eigenvalue weighted by molar-refractivity contribution is -0.189. The van der Waals surface area contributed by atoms with E-state index in [2.05, 4.69) is 6.92 Å². The molecule has 2 rings (SSSR count). The summed E-state index contributed by atoms with van der Waals surface area (Å²) in [6.45, 7) is 4.12. The van der Waals surface area contributed by atoms with Crippen LogP contribution < -0.4 is 0 Å². The molecular weight excluding hydrogens is 104 g/mol. The van der Waals surface area contributed by atoms with E-state index in [1.54, 1.807) is 0 Å². The average Bonchev–Trinajstić information content (AvgIpc) is 2.13. The molecule has 8 heavy (non-hydrogen) atoms. The summed E-state index contributed by atoms with van der Waals surface area (Å²) in [7, 11) is 0. The molecule has 46 valence electrons. The van der Waals surface area contributed by atoms with Crippen LogP contribution in [0.5, 0.6) is 0 Å². The van der Waals surface area contributed by atoms with Gasteiger partial charge in [-0.2, -0.15) is 0 Å². The van der Waals surface area contributed by atoms with Gasteiger partial charge in [-0.05, 0) is 13.8 Å². The minimum atomic E-state index is -0.0978. The van der Waals surface area contributed by atoms with Crippen molar-refractivity contribution in [1.82, 2.24) is 0 Å². The van der Waals surface area contributed by atoms with Gasteiger partial charge in [-0.3, -0.25) is 0 Å². The number of rotatable bonds is 0. The van der Waals surface area contributed by atoms with Gasteiger partial charge in [0, 0.05) is 6.42 Å². The van der Waals surface area contributed by atoms with Gasteiger partial charge in [0.15, 0.2) is 5.79 Å². The molecule has 2 aliphatic rings. The maximum atomic E-state index is 5.33. The zero-order valence-corrected chi connectivity index (χ0v) is 5.18. The monoisotopic (exact) mass is 114 g/mol. The van der Waals surface area contributed by atoms with Gasteiger partial charge < -0.3 is 9.47 Å². The summed E-state index contributed by atoms with van der Waals surface area (Å²) in [6.07, 6.45) is 1.88. The van der Waals surface area contributed by atoms with Gasteiger partial charge in [-0.25, -0.2) is 0 Å². The van der Waals surface area contributed by atoms with Crippen LogP contribution in [-0.4, -0.2) is 18.0 Å². The van der Waals surface area contributed by atoms with Crippen molar-refractivity contribution in [3.63, 3.8) is 0 Å². The Labute approximate surface area is 48.8 Å². The summed E-state index contributed by atoms with van der Waals surface area (Å²) in [6, 6.07) is 0. The standard InChI is InChI=1S/C6H10O2/c1-4-3-6(7-4)5(2)8-6/h4-5H,3H2,1-2H3. The Kier molecular flexibility index (Phi) is 0.649. The van der Waals surface area contributed by atoms with Crippen LogP contribution in [0.3, 0.4) is 0 Å². The van der Waals surface area contributed by atoms with Crippen LogP contribution in [0.1, 0.15) is 20.3 Å². The number of ether oxygens (including phenoxy) is 2. The molecule has 0 aromatic heterocycles. The molecule has 0 N–H and O–H groups in total. The lowest BCUT2D eigenvalue weighted by atomic mass is 10.0. The quantitative estimate of drug-likeness (QED) is 0.436. The molecule has 0 saturated carbocycles. The second-order valence-electron chi connectivity index (χ2n) is 2.70. The first-order valence-corrected chi connectivity index (χ1v) is 3.08. The zero-order chi connectivity index (χ0) is 5.78. The fourth-order valence-electron chi connectivity index (χ4n) is 1.33. The summed E-state index contributed by atoms with van der Waals surface area (Å²) >= 11 is 0. The van der Waals surface area contributed by atoms with Crippen molar-refractivity contribution >= 4 is 0 Å². The Morgan fingerprint density at radius 1 is 1.38 bits per heavy atom. The molecule has 0 aromatic carbocycles. The fraction of sp³-hybridized carbons (Fsp3) is 1.00. The van der Waals surface area contributed by atoms with E-state index < -0.39 is 0 Å². The second kappa shape index (κ2) is 1.09. The van der Waals surface area contributed by atoms with E-state index in [0.29, 0.717) is 12.2 Å². The molecule has 2 fully saturated rings. The van der Waals surface area contributed by atoms with E-state index in [4.69, 9.17) is 9.47 Å². The van der Waals surface area contributed by atoms with Crippen LogP contribution in [0.25, 0.3) is 0 Å². The Morgan fingerprint density at radius 3 is 2.00 bits per heavy atom. The van der Waals surface area contributed by atoms with Crippen LogP contribution in [0, 0.1) is 0 Å². The molecule has 2 heterocycles. The van der Waals surface area contributed by atoms with E-state index in [1.165, 1.54) is 0 Å². The Bertz CT molecular complexity index is 116. The molecule has 3 atom stereocenters. The van der Waals surface area contributed by atoms with Crippen molar-refractivity contribution in [2.45, 2.75) is 38.3 Å². The maximum absolute atomic E-state index is 5.33. The summed E-state index contributed by atoms with van der Waals surface area (Å²) < 4.78 is 10.5. The number of epoxide rings is 1. The van der Waals surface area contributed by atoms with Crippen molar-refractivity contribution in [3.8, 4) is 0 Å². The van der Waals surface area contributed by atoms with Gasteiger partial charge in [0.05, 0.1) is 6.10 Å². The second-order valence-corrected chi connectivity index (χ2v) is 2.70. The topological polar surface area (TPSA) is 21.8 Å². The third-order valence-electron chi connectivity index (χ3n) is 1.91. The first-order valence-electron chi connectivity index (χ1n) is 3.08. The summed E-state index contributed by atoms with van der Waals surface area (Å²) in [5, 5.41) is 0. The van der Waals surface area contributed by atoms with E-state index >= 15 is 0 Å². The molecule has 1 spiro atoms. The molecule has 2 saturated heterocycles. The highest BCUT2D eigenvalue weighted by molar-refractivity contribution is 4.99. The van der Waals surface area contributed by atoms with Crippen LogP contribution >= 0.6 is 0 Å². The van der Waals surface area contributed by atoms with Crippen molar-refractivity contribution in [1.29, 1.82) is 0 Å². The summed E-state index contributed by atoms with van der Waals surface area (Å²) in [5.74, 6) is -0.0978. The number of hydrogen-bond donors (Lipinski definition) is 0. The Morgan fingerprint density at radius 2 is 1.88 bits per heavy atom. The fourth-order valence-corrected chi connectivity index (χ4v) is 1.33. The highest BCUT2D eigenvalue weighted by Crippen LogP contribution is 2.49. The van der Waals surface area contributed by atoms with Gasteiger partial charge in [0.1, 0.15) is 6.10 Å². The predicted molar refractivity (Wildman–Crippen MR) is 28.4 cm³/mol. The van der Waals surface area contributed by atoms with Crippen LogP contribution in [0.4, 0.5) is 0 Å². The molecule has 0 bridgehead atoms.